The molecule has 198 valence electrons. The molecule has 0 radical (unpaired) electrons. The van der Waals surface area contributed by atoms with E-state index in [-0.39, 0.29) is 40.3 Å². The van der Waals surface area contributed by atoms with Gasteiger partial charge in [0.1, 0.15) is 16.3 Å². The van der Waals surface area contributed by atoms with Gasteiger partial charge in [-0.1, -0.05) is 18.5 Å². The molecule has 1 saturated heterocycles. The summed E-state index contributed by atoms with van der Waals surface area (Å²) in [6.45, 7) is 3.93. The number of halogens is 1. The Labute approximate surface area is 214 Å². The predicted octanol–water partition coefficient (Wildman–Crippen LogP) is 2.73. The van der Waals surface area contributed by atoms with Gasteiger partial charge in [-0.15, -0.1) is 0 Å². The van der Waals surface area contributed by atoms with Crippen molar-refractivity contribution in [2.75, 3.05) is 10.6 Å². The second-order valence-electron chi connectivity index (χ2n) is 9.65. The fourth-order valence-corrected chi connectivity index (χ4v) is 6.87. The number of phenols is 1. The molecule has 1 aliphatic heterocycles. The molecule has 2 aromatic rings. The zero-order chi connectivity index (χ0) is 26.2. The molecule has 1 saturated carbocycles. The lowest BCUT2D eigenvalue weighted by atomic mass is 9.94. The van der Waals surface area contributed by atoms with Crippen molar-refractivity contribution < 1.29 is 23.4 Å². The minimum atomic E-state index is -4.22. The highest BCUT2D eigenvalue weighted by molar-refractivity contribution is 7.89. The number of hydrogen-bond donors (Lipinski definition) is 5. The molecule has 5 N–H and O–H groups in total. The van der Waals surface area contributed by atoms with Crippen LogP contribution in [0.5, 0.6) is 5.75 Å². The molecule has 0 aromatic heterocycles. The maximum atomic E-state index is 13.1. The first-order chi connectivity index (χ1) is 17.0. The van der Waals surface area contributed by atoms with Gasteiger partial charge in [-0.05, 0) is 64.0 Å². The Balaban J connectivity index is 1.57. The molecule has 2 fully saturated rings. The summed E-state index contributed by atoms with van der Waals surface area (Å²) in [6, 6.07) is 2.05. The van der Waals surface area contributed by atoms with Crippen molar-refractivity contribution >= 4 is 38.7 Å². The number of aliphatic hydroxyl groups is 1. The molecule has 0 amide bonds. The van der Waals surface area contributed by atoms with Crippen molar-refractivity contribution in [1.82, 2.24) is 4.72 Å². The quantitative estimate of drug-likeness (QED) is 0.238. The fourth-order valence-electron chi connectivity index (χ4n) is 4.93. The Kier molecular flexibility index (Phi) is 7.96. The van der Waals surface area contributed by atoms with Crippen LogP contribution in [0.3, 0.4) is 0 Å². The number of hydrogen-bond acceptors (Lipinski definition) is 9. The Morgan fingerprint density at radius 1 is 1.08 bits per heavy atom. The van der Waals surface area contributed by atoms with E-state index in [1.165, 1.54) is 12.1 Å². The van der Waals surface area contributed by atoms with Gasteiger partial charge >= 0.3 is 0 Å². The predicted molar refractivity (Wildman–Crippen MR) is 138 cm³/mol. The SMILES string of the molecule is CC[C@@H](Nc1c(Nc2ccc(Cl)c(S(=O)(=O)NC3CCC(O)CC3)c2O)c(=O)c1=O)[C@H]1CC[C@@H](C)O1. The van der Waals surface area contributed by atoms with Gasteiger partial charge in [0.05, 0.1) is 35.1 Å². The lowest BCUT2D eigenvalue weighted by molar-refractivity contribution is 0.0438. The summed E-state index contributed by atoms with van der Waals surface area (Å²) >= 11 is 6.16. The third-order valence-corrected chi connectivity index (χ3v) is 9.05. The largest absolute Gasteiger partial charge is 0.504 e. The van der Waals surface area contributed by atoms with Gasteiger partial charge in [0, 0.05) is 6.04 Å². The van der Waals surface area contributed by atoms with Gasteiger partial charge < -0.3 is 25.6 Å². The van der Waals surface area contributed by atoms with Gasteiger partial charge in [-0.25, -0.2) is 13.1 Å². The van der Waals surface area contributed by atoms with Crippen LogP contribution in [0.1, 0.15) is 58.8 Å². The van der Waals surface area contributed by atoms with Gasteiger partial charge in [-0.2, -0.15) is 0 Å². The third-order valence-electron chi connectivity index (χ3n) is 7.02. The number of benzene rings is 1. The molecule has 12 heteroatoms. The smallest absolute Gasteiger partial charge is 0.253 e. The first-order valence-electron chi connectivity index (χ1n) is 12.3. The molecule has 2 aliphatic rings. The van der Waals surface area contributed by atoms with E-state index >= 15 is 0 Å². The lowest BCUT2D eigenvalue weighted by Crippen LogP contribution is -2.42. The van der Waals surface area contributed by atoms with E-state index in [0.717, 1.165) is 12.8 Å². The summed E-state index contributed by atoms with van der Waals surface area (Å²) in [7, 11) is -4.22. The van der Waals surface area contributed by atoms with Crippen molar-refractivity contribution in [3.8, 4) is 5.75 Å². The summed E-state index contributed by atoms with van der Waals surface area (Å²) < 4.78 is 34.6. The molecule has 4 rings (SSSR count). The van der Waals surface area contributed by atoms with Crippen molar-refractivity contribution in [2.45, 2.75) is 94.1 Å². The minimum Gasteiger partial charge on any atom is -0.504 e. The highest BCUT2D eigenvalue weighted by atomic mass is 35.5. The highest BCUT2D eigenvalue weighted by Gasteiger charge is 2.33. The van der Waals surface area contributed by atoms with E-state index in [2.05, 4.69) is 15.4 Å². The second-order valence-corrected chi connectivity index (χ2v) is 11.7. The van der Waals surface area contributed by atoms with Gasteiger partial charge in [0.15, 0.2) is 5.75 Å². The number of ether oxygens (including phenoxy) is 1. The average Bonchev–Trinajstić information content (AvgIpc) is 3.26. The van der Waals surface area contributed by atoms with Crippen LogP contribution in [0, 0.1) is 0 Å². The number of rotatable bonds is 9. The molecule has 0 unspecified atom stereocenters. The van der Waals surface area contributed by atoms with Crippen LogP contribution in [0.4, 0.5) is 17.1 Å². The molecule has 0 bridgehead atoms. The van der Waals surface area contributed by atoms with Crippen LogP contribution in [0.25, 0.3) is 0 Å². The van der Waals surface area contributed by atoms with Crippen LogP contribution in [-0.2, 0) is 14.8 Å². The highest BCUT2D eigenvalue weighted by Crippen LogP contribution is 2.39. The molecule has 1 heterocycles. The van der Waals surface area contributed by atoms with Crippen LogP contribution >= 0.6 is 11.6 Å². The lowest BCUT2D eigenvalue weighted by Gasteiger charge is -2.27. The van der Waals surface area contributed by atoms with Gasteiger partial charge in [0.25, 0.3) is 10.9 Å². The standard InChI is InChI=1S/C24H32ClN3O7S/c1-3-16(18-11-4-12(2)35-18)26-19-20(23(32)22(19)31)27-17-10-9-15(25)24(21(17)30)36(33,34)28-13-5-7-14(29)8-6-13/h9-10,12-14,16,18,26-30H,3-8,11H2,1-2H3/t12-,13?,14?,16-,18-/m1/s1. The van der Waals surface area contributed by atoms with E-state index in [1.54, 1.807) is 0 Å². The number of nitrogens with one attached hydrogen (secondary N) is 3. The number of aromatic hydroxyl groups is 1. The van der Waals surface area contributed by atoms with Crippen molar-refractivity contribution in [1.29, 1.82) is 0 Å². The van der Waals surface area contributed by atoms with Crippen LogP contribution in [0.2, 0.25) is 5.02 Å². The average molecular weight is 542 g/mol. The van der Waals surface area contributed by atoms with Gasteiger partial charge in [0.2, 0.25) is 10.0 Å². The first kappa shape index (κ1) is 26.9. The molecule has 2 aromatic carbocycles. The third kappa shape index (κ3) is 5.40. The number of sulfonamides is 1. The molecule has 0 spiro atoms. The van der Waals surface area contributed by atoms with E-state index in [4.69, 9.17) is 16.3 Å². The number of anilines is 3. The van der Waals surface area contributed by atoms with E-state index < -0.39 is 43.7 Å². The van der Waals surface area contributed by atoms with Crippen molar-refractivity contribution in [3.05, 3.63) is 37.6 Å². The molecule has 10 nitrogen and oxygen atoms in total. The first-order valence-corrected chi connectivity index (χ1v) is 14.1. The van der Waals surface area contributed by atoms with Crippen LogP contribution in [0.15, 0.2) is 26.6 Å². The Bertz CT molecular complexity index is 1280. The Morgan fingerprint density at radius 2 is 1.75 bits per heavy atom. The Hall–Kier alpha value is -2.18. The topological polar surface area (TPSA) is 154 Å². The monoisotopic (exact) mass is 541 g/mol. The maximum absolute atomic E-state index is 13.1. The number of phenolic OH excluding ortho intramolecular Hbond substituents is 1. The van der Waals surface area contributed by atoms with Crippen molar-refractivity contribution in [3.63, 3.8) is 0 Å². The normalized spacial score (nSPS) is 25.7. The van der Waals surface area contributed by atoms with Crippen molar-refractivity contribution in [2.24, 2.45) is 0 Å². The minimum absolute atomic E-state index is 0.0558. The molecular weight excluding hydrogens is 510 g/mol. The Morgan fingerprint density at radius 3 is 2.36 bits per heavy atom. The zero-order valence-electron chi connectivity index (χ0n) is 20.2. The number of aliphatic hydroxyl groups excluding tert-OH is 1. The summed E-state index contributed by atoms with van der Waals surface area (Å²) in [5.41, 5.74) is -1.52. The zero-order valence-corrected chi connectivity index (χ0v) is 21.8. The fraction of sp³-hybridized carbons (Fsp3) is 0.583. The summed E-state index contributed by atoms with van der Waals surface area (Å²) in [5, 5.41) is 26.2. The molecule has 1 aliphatic carbocycles. The maximum Gasteiger partial charge on any atom is 0.253 e. The van der Waals surface area contributed by atoms with E-state index in [1.807, 2.05) is 13.8 Å². The summed E-state index contributed by atoms with van der Waals surface area (Å²) in [4.78, 5) is 24.2. The second kappa shape index (κ2) is 10.7. The van der Waals surface area contributed by atoms with Crippen LogP contribution < -0.4 is 26.2 Å². The van der Waals surface area contributed by atoms with Gasteiger partial charge in [-0.3, -0.25) is 9.59 Å². The van der Waals surface area contributed by atoms with E-state index in [9.17, 15) is 28.2 Å². The van der Waals surface area contributed by atoms with Crippen LogP contribution in [-0.4, -0.2) is 49.0 Å². The summed E-state index contributed by atoms with van der Waals surface area (Å²) in [6.07, 6.45) is 3.82. The summed E-state index contributed by atoms with van der Waals surface area (Å²) in [5.74, 6) is -0.662. The molecule has 3 atom stereocenters. The van der Waals surface area contributed by atoms with E-state index in [0.29, 0.717) is 32.1 Å². The molecular formula is C24H32ClN3O7S. The molecule has 36 heavy (non-hydrogen) atoms.